The van der Waals surface area contributed by atoms with Gasteiger partial charge in [0.1, 0.15) is 11.4 Å². The zero-order valence-electron chi connectivity index (χ0n) is 13.4. The highest BCUT2D eigenvalue weighted by Gasteiger charge is 2.17. The van der Waals surface area contributed by atoms with Crippen molar-refractivity contribution >= 4 is 5.97 Å². The van der Waals surface area contributed by atoms with Crippen LogP contribution in [0, 0.1) is 0 Å². The van der Waals surface area contributed by atoms with Crippen molar-refractivity contribution < 1.29 is 14.3 Å². The number of carbonyl (C=O) groups excluding carboxylic acids is 1. The second kappa shape index (κ2) is 6.97. The molecular weight excluding hydrogens is 264 g/mol. The van der Waals surface area contributed by atoms with E-state index in [-0.39, 0.29) is 5.97 Å². The van der Waals surface area contributed by atoms with Crippen LogP contribution >= 0.6 is 0 Å². The van der Waals surface area contributed by atoms with E-state index in [1.54, 1.807) is 0 Å². The number of hydrogen-bond donors (Lipinski definition) is 0. The summed E-state index contributed by atoms with van der Waals surface area (Å²) in [5.41, 5.74) is 0.732. The van der Waals surface area contributed by atoms with Crippen LogP contribution in [0.2, 0.25) is 0 Å². The van der Waals surface area contributed by atoms with Gasteiger partial charge in [0.05, 0.1) is 6.10 Å². The van der Waals surface area contributed by atoms with Gasteiger partial charge in [0.25, 0.3) is 0 Å². The van der Waals surface area contributed by atoms with Crippen LogP contribution in [-0.4, -0.2) is 17.7 Å². The first-order chi connectivity index (χ1) is 9.92. The van der Waals surface area contributed by atoms with Gasteiger partial charge in [-0.25, -0.2) is 0 Å². The second-order valence-electron chi connectivity index (χ2n) is 6.75. The molecule has 2 rings (SSSR count). The lowest BCUT2D eigenvalue weighted by atomic mass is 10.1. The van der Waals surface area contributed by atoms with Crippen LogP contribution in [-0.2, 0) is 16.0 Å². The Kier molecular flexibility index (Phi) is 5.27. The van der Waals surface area contributed by atoms with E-state index in [1.165, 1.54) is 25.7 Å². The molecule has 1 aromatic carbocycles. The van der Waals surface area contributed by atoms with Gasteiger partial charge in [0.15, 0.2) is 0 Å². The Balaban J connectivity index is 1.78. The minimum absolute atomic E-state index is 0.145. The molecule has 0 heterocycles. The number of hydrogen-bond acceptors (Lipinski definition) is 3. The fourth-order valence-electron chi connectivity index (χ4n) is 2.57. The molecule has 0 spiro atoms. The molecule has 3 heteroatoms. The highest BCUT2D eigenvalue weighted by Crippen LogP contribution is 2.24. The van der Waals surface area contributed by atoms with Gasteiger partial charge in [-0.3, -0.25) is 4.79 Å². The molecule has 21 heavy (non-hydrogen) atoms. The van der Waals surface area contributed by atoms with Crippen molar-refractivity contribution in [1.82, 2.24) is 0 Å². The van der Waals surface area contributed by atoms with Gasteiger partial charge >= 0.3 is 5.97 Å². The number of ether oxygens (including phenoxy) is 2. The minimum Gasteiger partial charge on any atom is -0.490 e. The van der Waals surface area contributed by atoms with Gasteiger partial charge in [-0.2, -0.15) is 0 Å². The number of carbonyl (C=O) groups is 1. The Hall–Kier alpha value is -1.51. The van der Waals surface area contributed by atoms with Crippen molar-refractivity contribution in [1.29, 1.82) is 0 Å². The van der Waals surface area contributed by atoms with Crippen molar-refractivity contribution in [3.63, 3.8) is 0 Å². The lowest BCUT2D eigenvalue weighted by Crippen LogP contribution is -2.24. The summed E-state index contributed by atoms with van der Waals surface area (Å²) in [5, 5.41) is 0. The molecule has 0 radical (unpaired) electrons. The van der Waals surface area contributed by atoms with E-state index in [2.05, 4.69) is 0 Å². The summed E-state index contributed by atoms with van der Waals surface area (Å²) in [5.74, 6) is 0.789. The third-order valence-electron chi connectivity index (χ3n) is 3.57. The van der Waals surface area contributed by atoms with E-state index in [1.807, 2.05) is 45.0 Å². The summed E-state index contributed by atoms with van der Waals surface area (Å²) in [6.45, 7) is 5.67. The summed E-state index contributed by atoms with van der Waals surface area (Å²) in [4.78, 5) is 11.7. The Bertz CT molecular complexity index is 450. The highest BCUT2D eigenvalue weighted by atomic mass is 16.6. The number of benzene rings is 1. The summed E-state index contributed by atoms with van der Waals surface area (Å²) >= 11 is 0. The van der Waals surface area contributed by atoms with Gasteiger partial charge in [-0.1, -0.05) is 12.1 Å². The Morgan fingerprint density at radius 1 is 1.14 bits per heavy atom. The molecule has 0 N–H and O–H groups in total. The third kappa shape index (κ3) is 5.78. The number of aryl methyl sites for hydroxylation is 1. The smallest absolute Gasteiger partial charge is 0.306 e. The fourth-order valence-corrected chi connectivity index (χ4v) is 2.57. The number of esters is 1. The standard InChI is InChI=1S/C18H26O3/c1-18(2,3)21-17(19)13-10-14-8-11-16(12-9-14)20-15-6-4-5-7-15/h8-9,11-12,15H,4-7,10,13H2,1-3H3. The van der Waals surface area contributed by atoms with Crippen molar-refractivity contribution in [2.45, 2.75) is 71.0 Å². The molecule has 3 nitrogen and oxygen atoms in total. The summed E-state index contributed by atoms with van der Waals surface area (Å²) < 4.78 is 11.2. The SMILES string of the molecule is CC(C)(C)OC(=O)CCc1ccc(OC2CCCC2)cc1. The predicted molar refractivity (Wildman–Crippen MR) is 83.5 cm³/mol. The molecule has 0 unspecified atom stereocenters. The molecule has 116 valence electrons. The molecule has 1 fully saturated rings. The van der Waals surface area contributed by atoms with Crippen LogP contribution in [0.25, 0.3) is 0 Å². The largest absolute Gasteiger partial charge is 0.490 e. The topological polar surface area (TPSA) is 35.5 Å². The van der Waals surface area contributed by atoms with E-state index in [4.69, 9.17) is 9.47 Å². The molecule has 1 aromatic rings. The van der Waals surface area contributed by atoms with Crippen molar-refractivity contribution in [3.8, 4) is 5.75 Å². The maximum absolute atomic E-state index is 11.7. The van der Waals surface area contributed by atoms with Gasteiger partial charge in [-0.05, 0) is 70.6 Å². The van der Waals surface area contributed by atoms with Crippen LogP contribution in [0.3, 0.4) is 0 Å². The zero-order chi connectivity index (χ0) is 15.3. The molecule has 1 aliphatic rings. The predicted octanol–water partition coefficient (Wildman–Crippen LogP) is 4.28. The van der Waals surface area contributed by atoms with Gasteiger partial charge in [0.2, 0.25) is 0 Å². The molecule has 0 aromatic heterocycles. The molecule has 0 amide bonds. The quantitative estimate of drug-likeness (QED) is 0.759. The van der Waals surface area contributed by atoms with Crippen molar-refractivity contribution in [2.24, 2.45) is 0 Å². The molecule has 0 atom stereocenters. The van der Waals surface area contributed by atoms with E-state index in [9.17, 15) is 4.79 Å². The molecule has 0 saturated heterocycles. The summed E-state index contributed by atoms with van der Waals surface area (Å²) in [7, 11) is 0. The van der Waals surface area contributed by atoms with Gasteiger partial charge in [0, 0.05) is 6.42 Å². The van der Waals surface area contributed by atoms with Crippen LogP contribution in [0.5, 0.6) is 5.75 Å². The van der Waals surface area contributed by atoms with Gasteiger partial charge < -0.3 is 9.47 Å². The summed E-state index contributed by atoms with van der Waals surface area (Å²) in [6, 6.07) is 8.08. The molecule has 0 bridgehead atoms. The number of rotatable bonds is 5. The summed E-state index contributed by atoms with van der Waals surface area (Å²) in [6.07, 6.45) is 6.40. The monoisotopic (exact) mass is 290 g/mol. The van der Waals surface area contributed by atoms with E-state index >= 15 is 0 Å². The lowest BCUT2D eigenvalue weighted by molar-refractivity contribution is -0.154. The van der Waals surface area contributed by atoms with Crippen LogP contribution < -0.4 is 4.74 Å². The van der Waals surface area contributed by atoms with Gasteiger partial charge in [-0.15, -0.1) is 0 Å². The zero-order valence-corrected chi connectivity index (χ0v) is 13.4. The highest BCUT2D eigenvalue weighted by molar-refractivity contribution is 5.70. The van der Waals surface area contributed by atoms with Crippen LogP contribution in [0.1, 0.15) is 58.4 Å². The lowest BCUT2D eigenvalue weighted by Gasteiger charge is -2.19. The molecule has 0 aliphatic heterocycles. The van der Waals surface area contributed by atoms with E-state index in [0.717, 1.165) is 11.3 Å². The maximum Gasteiger partial charge on any atom is 0.306 e. The molecule has 1 saturated carbocycles. The Morgan fingerprint density at radius 3 is 2.33 bits per heavy atom. The Labute approximate surface area is 127 Å². The van der Waals surface area contributed by atoms with Crippen molar-refractivity contribution in [3.05, 3.63) is 29.8 Å². The fraction of sp³-hybridized carbons (Fsp3) is 0.611. The minimum atomic E-state index is -0.407. The van der Waals surface area contributed by atoms with Crippen LogP contribution in [0.4, 0.5) is 0 Å². The average molecular weight is 290 g/mol. The normalized spacial score (nSPS) is 16.0. The van der Waals surface area contributed by atoms with Crippen LogP contribution in [0.15, 0.2) is 24.3 Å². The maximum atomic E-state index is 11.7. The van der Waals surface area contributed by atoms with E-state index in [0.29, 0.717) is 18.9 Å². The van der Waals surface area contributed by atoms with E-state index < -0.39 is 5.60 Å². The van der Waals surface area contributed by atoms with Crippen molar-refractivity contribution in [2.75, 3.05) is 0 Å². The first-order valence-electron chi connectivity index (χ1n) is 7.90. The second-order valence-corrected chi connectivity index (χ2v) is 6.75. The molecule has 1 aliphatic carbocycles. The Morgan fingerprint density at radius 2 is 1.76 bits per heavy atom. The average Bonchev–Trinajstić information content (AvgIpc) is 2.89. The first kappa shape index (κ1) is 15.9. The third-order valence-corrected chi connectivity index (χ3v) is 3.57. The molecular formula is C18H26O3. The first-order valence-corrected chi connectivity index (χ1v) is 7.90.